The lowest BCUT2D eigenvalue weighted by atomic mass is 10.1. The van der Waals surface area contributed by atoms with Crippen LogP contribution in [0.5, 0.6) is 5.75 Å². The third-order valence-corrected chi connectivity index (χ3v) is 2.65. The third-order valence-electron chi connectivity index (χ3n) is 2.65. The number of halogens is 1. The van der Waals surface area contributed by atoms with Crippen LogP contribution in [0, 0.1) is 6.92 Å². The highest BCUT2D eigenvalue weighted by Crippen LogP contribution is 2.26. The van der Waals surface area contributed by atoms with Crippen LogP contribution >= 0.6 is 0 Å². The lowest BCUT2D eigenvalue weighted by molar-refractivity contribution is 0.400. The Bertz CT molecular complexity index is 480. The number of nitrogens with one attached hydrogen (secondary N) is 1. The molecule has 17 heavy (non-hydrogen) atoms. The van der Waals surface area contributed by atoms with Gasteiger partial charge in [-0.15, -0.1) is 0 Å². The van der Waals surface area contributed by atoms with Crippen LogP contribution < -0.4 is 16.0 Å². The van der Waals surface area contributed by atoms with Crippen molar-refractivity contribution in [2.75, 3.05) is 5.43 Å². The number of nitrogens with two attached hydrogens (primary N) is 1. The summed E-state index contributed by atoms with van der Waals surface area (Å²) in [5.74, 6) is 6.04. The highest BCUT2D eigenvalue weighted by atomic mass is 19.1. The van der Waals surface area contributed by atoms with Gasteiger partial charge in [-0.2, -0.15) is 0 Å². The Labute approximate surface area is 99.7 Å². The van der Waals surface area contributed by atoms with Gasteiger partial charge in [-0.05, 0) is 43.2 Å². The first kappa shape index (κ1) is 11.7. The molecule has 0 fully saturated rings. The first-order valence-corrected chi connectivity index (χ1v) is 5.51. The number of allylic oxidation sites excluding steroid dienone is 3. The Morgan fingerprint density at radius 1 is 1.41 bits per heavy atom. The molecule has 3 N–H and O–H groups in total. The van der Waals surface area contributed by atoms with Crippen molar-refractivity contribution in [1.29, 1.82) is 0 Å². The molecule has 0 radical (unpaired) electrons. The van der Waals surface area contributed by atoms with Crippen molar-refractivity contribution in [3.8, 4) is 5.75 Å². The molecule has 1 aliphatic rings. The van der Waals surface area contributed by atoms with Crippen molar-refractivity contribution in [2.24, 2.45) is 5.84 Å². The normalized spacial score (nSPS) is 15.0. The van der Waals surface area contributed by atoms with Gasteiger partial charge in [0.25, 0.3) is 0 Å². The molecule has 2 rings (SSSR count). The van der Waals surface area contributed by atoms with E-state index in [0.29, 0.717) is 17.9 Å². The van der Waals surface area contributed by atoms with Gasteiger partial charge < -0.3 is 10.2 Å². The van der Waals surface area contributed by atoms with Gasteiger partial charge in [-0.1, -0.05) is 6.08 Å². The molecule has 0 unspecified atom stereocenters. The minimum Gasteiger partial charge on any atom is -0.455 e. The molecule has 90 valence electrons. The zero-order chi connectivity index (χ0) is 12.3. The minimum absolute atomic E-state index is 0.203. The lowest BCUT2D eigenvalue weighted by Gasteiger charge is -2.13. The second kappa shape index (κ2) is 5.01. The number of benzene rings is 1. The average molecular weight is 234 g/mol. The van der Waals surface area contributed by atoms with E-state index < -0.39 is 0 Å². The van der Waals surface area contributed by atoms with E-state index in [4.69, 9.17) is 10.6 Å². The standard InChI is InChI=1S/C13H15FN2O/c1-9-8-10(6-7-12(9)16-15)17-13-5-3-2-4-11(13)14/h3,5-8,16H,2,4,15H2,1H3. The Kier molecular flexibility index (Phi) is 3.44. The number of hydrogen-bond donors (Lipinski definition) is 2. The number of nitrogen functional groups attached to an aromatic ring is 1. The molecule has 0 aliphatic heterocycles. The SMILES string of the molecule is Cc1cc(OC2=C(F)CCC=C2)ccc1NN. The summed E-state index contributed by atoms with van der Waals surface area (Å²) < 4.78 is 18.9. The van der Waals surface area contributed by atoms with Crippen LogP contribution in [0.2, 0.25) is 0 Å². The smallest absolute Gasteiger partial charge is 0.158 e. The molecule has 0 aromatic heterocycles. The van der Waals surface area contributed by atoms with E-state index >= 15 is 0 Å². The van der Waals surface area contributed by atoms with Crippen molar-refractivity contribution >= 4 is 5.69 Å². The number of ether oxygens (including phenoxy) is 1. The maximum Gasteiger partial charge on any atom is 0.158 e. The summed E-state index contributed by atoms with van der Waals surface area (Å²) in [7, 11) is 0. The Morgan fingerprint density at radius 2 is 2.24 bits per heavy atom. The quantitative estimate of drug-likeness (QED) is 0.623. The van der Waals surface area contributed by atoms with Crippen LogP contribution in [0.3, 0.4) is 0 Å². The summed E-state index contributed by atoms with van der Waals surface area (Å²) in [6, 6.07) is 5.37. The van der Waals surface area contributed by atoms with E-state index in [9.17, 15) is 4.39 Å². The van der Waals surface area contributed by atoms with Crippen molar-refractivity contribution in [3.63, 3.8) is 0 Å². The summed E-state index contributed by atoms with van der Waals surface area (Å²) in [6.45, 7) is 1.91. The molecular weight excluding hydrogens is 219 g/mol. The van der Waals surface area contributed by atoms with E-state index in [1.165, 1.54) is 0 Å². The molecule has 3 nitrogen and oxygen atoms in total. The largest absolute Gasteiger partial charge is 0.455 e. The second-order valence-electron chi connectivity index (χ2n) is 3.93. The fourth-order valence-electron chi connectivity index (χ4n) is 1.69. The van der Waals surface area contributed by atoms with Gasteiger partial charge in [0.15, 0.2) is 5.76 Å². The number of hydrazine groups is 1. The average Bonchev–Trinajstić information content (AvgIpc) is 2.32. The Morgan fingerprint density at radius 3 is 2.88 bits per heavy atom. The molecule has 0 amide bonds. The van der Waals surface area contributed by atoms with E-state index in [-0.39, 0.29) is 5.83 Å². The van der Waals surface area contributed by atoms with Gasteiger partial charge in [-0.25, -0.2) is 4.39 Å². The molecule has 0 bridgehead atoms. The number of rotatable bonds is 3. The monoisotopic (exact) mass is 234 g/mol. The van der Waals surface area contributed by atoms with E-state index in [1.807, 2.05) is 19.1 Å². The summed E-state index contributed by atoms with van der Waals surface area (Å²) >= 11 is 0. The van der Waals surface area contributed by atoms with Crippen LogP contribution in [0.1, 0.15) is 18.4 Å². The van der Waals surface area contributed by atoms with Gasteiger partial charge in [0.1, 0.15) is 11.6 Å². The molecule has 0 heterocycles. The maximum absolute atomic E-state index is 13.5. The second-order valence-corrected chi connectivity index (χ2v) is 3.93. The number of aryl methyl sites for hydroxylation is 1. The van der Waals surface area contributed by atoms with Gasteiger partial charge in [0.05, 0.1) is 5.69 Å². The van der Waals surface area contributed by atoms with Crippen LogP contribution in [0.15, 0.2) is 41.9 Å². The molecule has 1 aromatic rings. The zero-order valence-corrected chi connectivity index (χ0v) is 9.66. The van der Waals surface area contributed by atoms with Gasteiger partial charge in [0, 0.05) is 6.42 Å². The fraction of sp³-hybridized carbons (Fsp3) is 0.231. The molecular formula is C13H15FN2O. The number of hydrogen-bond acceptors (Lipinski definition) is 3. The summed E-state index contributed by atoms with van der Waals surface area (Å²) in [4.78, 5) is 0. The summed E-state index contributed by atoms with van der Waals surface area (Å²) in [6.07, 6.45) is 4.71. The van der Waals surface area contributed by atoms with Crippen molar-refractivity contribution in [1.82, 2.24) is 0 Å². The first-order chi connectivity index (χ1) is 8.20. The van der Waals surface area contributed by atoms with Crippen molar-refractivity contribution in [2.45, 2.75) is 19.8 Å². The van der Waals surface area contributed by atoms with Crippen LogP contribution in [-0.2, 0) is 0 Å². The third kappa shape index (κ3) is 2.65. The molecule has 4 heteroatoms. The minimum atomic E-state index is -0.203. The predicted molar refractivity (Wildman–Crippen MR) is 66.1 cm³/mol. The number of anilines is 1. The molecule has 0 spiro atoms. The highest BCUT2D eigenvalue weighted by Gasteiger charge is 2.10. The molecule has 0 saturated carbocycles. The first-order valence-electron chi connectivity index (χ1n) is 5.51. The predicted octanol–water partition coefficient (Wildman–Crippen LogP) is 3.19. The molecule has 1 aliphatic carbocycles. The Balaban J connectivity index is 2.19. The van der Waals surface area contributed by atoms with E-state index in [1.54, 1.807) is 18.2 Å². The van der Waals surface area contributed by atoms with Gasteiger partial charge >= 0.3 is 0 Å². The lowest BCUT2D eigenvalue weighted by Crippen LogP contribution is -2.08. The van der Waals surface area contributed by atoms with Crippen LogP contribution in [0.25, 0.3) is 0 Å². The van der Waals surface area contributed by atoms with Crippen LogP contribution in [0.4, 0.5) is 10.1 Å². The maximum atomic E-state index is 13.5. The molecule has 1 aromatic carbocycles. The summed E-state index contributed by atoms with van der Waals surface area (Å²) in [5.41, 5.74) is 4.35. The van der Waals surface area contributed by atoms with E-state index in [2.05, 4.69) is 5.43 Å². The van der Waals surface area contributed by atoms with Crippen molar-refractivity contribution in [3.05, 3.63) is 47.5 Å². The van der Waals surface area contributed by atoms with Crippen LogP contribution in [-0.4, -0.2) is 0 Å². The molecule has 0 atom stereocenters. The van der Waals surface area contributed by atoms with E-state index in [0.717, 1.165) is 17.7 Å². The topological polar surface area (TPSA) is 47.3 Å². The summed E-state index contributed by atoms with van der Waals surface area (Å²) in [5, 5.41) is 0. The fourth-order valence-corrected chi connectivity index (χ4v) is 1.69. The van der Waals surface area contributed by atoms with Crippen molar-refractivity contribution < 1.29 is 9.13 Å². The molecule has 0 saturated heterocycles. The highest BCUT2D eigenvalue weighted by molar-refractivity contribution is 5.53. The zero-order valence-electron chi connectivity index (χ0n) is 9.66. The van der Waals surface area contributed by atoms with Gasteiger partial charge in [-0.3, -0.25) is 5.84 Å². The van der Waals surface area contributed by atoms with Gasteiger partial charge in [0.2, 0.25) is 0 Å². The Hall–Kier alpha value is -1.81.